The van der Waals surface area contributed by atoms with Gasteiger partial charge in [-0.1, -0.05) is 162 Å². The monoisotopic (exact) mass is 848 g/mol. The Morgan fingerprint density at radius 1 is 0.483 bits per heavy atom. The Kier molecular flexibility index (Phi) is 15.3. The molecule has 9 aromatic rings. The molecule has 0 spiro atoms. The van der Waals surface area contributed by atoms with Crippen molar-refractivity contribution in [2.24, 2.45) is 0 Å². The number of aryl methyl sites for hydroxylation is 3. The number of hydrogen-bond acceptors (Lipinski definition) is 7. The highest BCUT2D eigenvalue weighted by Crippen LogP contribution is 2.32. The third-order valence-corrected chi connectivity index (χ3v) is 9.82. The van der Waals surface area contributed by atoms with Crippen molar-refractivity contribution in [3.8, 4) is 28.1 Å². The molecule has 0 amide bonds. The van der Waals surface area contributed by atoms with Crippen molar-refractivity contribution in [1.82, 2.24) is 15.0 Å². The van der Waals surface area contributed by atoms with Crippen LogP contribution >= 0.6 is 34.8 Å². The van der Waals surface area contributed by atoms with E-state index >= 15 is 0 Å². The number of rotatable bonds is 5. The highest BCUT2D eigenvalue weighted by molar-refractivity contribution is 6.62. The van der Waals surface area contributed by atoms with Gasteiger partial charge in [-0.25, -0.2) is 15.0 Å². The number of halogens is 3. The Labute approximate surface area is 365 Å². The van der Waals surface area contributed by atoms with Gasteiger partial charge >= 0.3 is 14.8 Å². The summed E-state index contributed by atoms with van der Waals surface area (Å²) in [5, 5.41) is 35.3. The van der Waals surface area contributed by atoms with E-state index in [4.69, 9.17) is 54.5 Å². The number of pyridine rings is 3. The minimum Gasteiger partial charge on any atom is -0.523 e. The van der Waals surface area contributed by atoms with E-state index in [9.17, 15) is 0 Å². The molecule has 3 heterocycles. The zero-order valence-electron chi connectivity index (χ0n) is 33.0. The van der Waals surface area contributed by atoms with Gasteiger partial charge in [0, 0.05) is 28.2 Å². The zero-order chi connectivity index (χ0) is 42.6. The van der Waals surface area contributed by atoms with E-state index in [1.807, 2.05) is 93.6 Å². The third-order valence-electron chi connectivity index (χ3n) is 9.22. The average molecular weight is 850 g/mol. The predicted octanol–water partition coefficient (Wildman–Crippen LogP) is 11.2. The summed E-state index contributed by atoms with van der Waals surface area (Å²) in [6, 6.07) is 53.4. The van der Waals surface area contributed by atoms with Crippen molar-refractivity contribution in [3.63, 3.8) is 0 Å². The van der Waals surface area contributed by atoms with Crippen LogP contribution in [0, 0.1) is 20.8 Å². The van der Waals surface area contributed by atoms with E-state index in [0.717, 1.165) is 44.5 Å². The summed E-state index contributed by atoms with van der Waals surface area (Å²) in [6.07, 6.45) is 0. The Bertz CT molecular complexity index is 2800. The van der Waals surface area contributed by atoms with Gasteiger partial charge in [-0.05, 0) is 111 Å². The Balaban J connectivity index is 0.000000139. The van der Waals surface area contributed by atoms with Crippen LogP contribution in [0.4, 0.5) is 0 Å². The van der Waals surface area contributed by atoms with Gasteiger partial charge in [-0.3, -0.25) is 0 Å². The van der Waals surface area contributed by atoms with E-state index in [-0.39, 0.29) is 0 Å². The lowest BCUT2D eigenvalue weighted by Gasteiger charge is -2.09. The second-order valence-electron chi connectivity index (χ2n) is 13.6. The zero-order valence-corrected chi connectivity index (χ0v) is 35.2. The van der Waals surface area contributed by atoms with Gasteiger partial charge in [0.25, 0.3) is 0 Å². The van der Waals surface area contributed by atoms with Gasteiger partial charge in [-0.2, -0.15) is 0 Å². The molecule has 0 fully saturated rings. The first-order chi connectivity index (χ1) is 29.0. The van der Waals surface area contributed by atoms with Crippen LogP contribution in [-0.2, 0) is 0 Å². The molecular formula is C48H39B2Cl3N3O4. The molecule has 60 heavy (non-hydrogen) atoms. The second kappa shape index (κ2) is 21.0. The molecule has 1 radical (unpaired) electrons. The summed E-state index contributed by atoms with van der Waals surface area (Å²) in [6.45, 7) is 5.71. The molecule has 9 rings (SSSR count). The van der Waals surface area contributed by atoms with Gasteiger partial charge in [0.15, 0.2) is 5.88 Å². The molecule has 0 unspecified atom stereocenters. The maximum atomic E-state index is 9.08. The number of aromatic nitrogens is 3. The lowest BCUT2D eigenvalue weighted by atomic mass is 9.77. The van der Waals surface area contributed by atoms with Gasteiger partial charge in [0.05, 0.1) is 0 Å². The molecule has 12 heteroatoms. The van der Waals surface area contributed by atoms with Gasteiger partial charge in [-0.15, -0.1) is 0 Å². The molecular weight excluding hydrogens is 811 g/mol. The van der Waals surface area contributed by atoms with E-state index in [2.05, 4.69) is 87.7 Å². The first kappa shape index (κ1) is 43.8. The van der Waals surface area contributed by atoms with E-state index in [0.29, 0.717) is 34.4 Å². The van der Waals surface area contributed by atoms with Crippen LogP contribution in [-0.4, -0.2) is 44.8 Å². The number of benzene rings is 6. The van der Waals surface area contributed by atoms with E-state index in [1.54, 1.807) is 18.2 Å². The maximum Gasteiger partial charge on any atom is 0.570 e. The Hall–Kier alpha value is -5.77. The topological polar surface area (TPSA) is 109 Å². The molecule has 7 nitrogen and oxygen atoms in total. The fourth-order valence-electron chi connectivity index (χ4n) is 6.71. The van der Waals surface area contributed by atoms with Crippen LogP contribution in [0.1, 0.15) is 17.1 Å². The highest BCUT2D eigenvalue weighted by Gasteiger charge is 2.13. The molecule has 0 aliphatic rings. The van der Waals surface area contributed by atoms with Crippen molar-refractivity contribution >= 4 is 87.4 Å². The molecule has 297 valence electrons. The minimum absolute atomic E-state index is 0.385. The van der Waals surface area contributed by atoms with Crippen LogP contribution < -0.4 is 10.1 Å². The standard InChI is InChI=1S/C16H13BNO2.C16H12ClN.C10H9BO2.C6H5Cl2N/c1-11-9-13(10-16(18-11)20-17-19)15-8-4-6-12-5-2-3-7-14(12)15;1-11-9-13(10-16(17)18-11)15-8-4-6-12-5-2-3-7-14(12)15;12-11(13)10-7-3-5-8-4-1-2-6-9(8)10;1-4-2-5(7)3-6(8)9-4/h2-10,19H,1H3;2-10H,1H3;1-7,12-13H;2-3H,1H3. The molecule has 0 bridgehead atoms. The molecule has 0 saturated heterocycles. The van der Waals surface area contributed by atoms with E-state index in [1.165, 1.54) is 27.1 Å². The lowest BCUT2D eigenvalue weighted by Crippen LogP contribution is -2.30. The van der Waals surface area contributed by atoms with Crippen LogP contribution in [0.2, 0.25) is 15.3 Å². The maximum absolute atomic E-state index is 9.08. The molecule has 0 aliphatic heterocycles. The lowest BCUT2D eigenvalue weighted by molar-refractivity contribution is 0.426. The van der Waals surface area contributed by atoms with Gasteiger partial charge in [0.1, 0.15) is 10.3 Å². The average Bonchev–Trinajstić information content (AvgIpc) is 3.23. The van der Waals surface area contributed by atoms with Gasteiger partial charge in [0.2, 0.25) is 0 Å². The summed E-state index contributed by atoms with van der Waals surface area (Å²) in [5.41, 5.74) is 7.62. The molecule has 0 saturated carbocycles. The number of nitrogens with zero attached hydrogens (tertiary/aromatic N) is 3. The summed E-state index contributed by atoms with van der Waals surface area (Å²) in [7, 11) is -0.750. The Morgan fingerprint density at radius 3 is 1.42 bits per heavy atom. The smallest absolute Gasteiger partial charge is 0.523 e. The highest BCUT2D eigenvalue weighted by atomic mass is 35.5. The minimum atomic E-state index is -1.40. The predicted molar refractivity (Wildman–Crippen MR) is 250 cm³/mol. The fourth-order valence-corrected chi connectivity index (χ4v) is 7.53. The second-order valence-corrected chi connectivity index (χ2v) is 14.8. The largest absolute Gasteiger partial charge is 0.570 e. The van der Waals surface area contributed by atoms with Crippen molar-refractivity contribution in [1.29, 1.82) is 0 Å². The van der Waals surface area contributed by atoms with E-state index < -0.39 is 7.12 Å². The summed E-state index contributed by atoms with van der Waals surface area (Å²) in [4.78, 5) is 12.3. The fraction of sp³-hybridized carbons (Fsp3) is 0.0625. The van der Waals surface area contributed by atoms with Crippen molar-refractivity contribution in [3.05, 3.63) is 196 Å². The molecule has 0 aliphatic carbocycles. The quantitative estimate of drug-likeness (QED) is 0.117. The van der Waals surface area contributed by atoms with Crippen LogP contribution in [0.15, 0.2) is 164 Å². The summed E-state index contributed by atoms with van der Waals surface area (Å²) in [5.74, 6) is 0.385. The third kappa shape index (κ3) is 11.7. The van der Waals surface area contributed by atoms with Crippen LogP contribution in [0.3, 0.4) is 0 Å². The summed E-state index contributed by atoms with van der Waals surface area (Å²) < 4.78 is 4.98. The van der Waals surface area contributed by atoms with Crippen LogP contribution in [0.5, 0.6) is 5.88 Å². The molecule has 3 N–H and O–H groups in total. The Morgan fingerprint density at radius 2 is 0.917 bits per heavy atom. The number of hydrogen-bond donors (Lipinski definition) is 3. The molecule has 6 aromatic carbocycles. The molecule has 3 aromatic heterocycles. The number of fused-ring (bicyclic) bond motifs is 3. The van der Waals surface area contributed by atoms with Crippen molar-refractivity contribution in [2.75, 3.05) is 0 Å². The van der Waals surface area contributed by atoms with Crippen molar-refractivity contribution in [2.45, 2.75) is 20.8 Å². The normalized spacial score (nSPS) is 10.4. The van der Waals surface area contributed by atoms with Crippen LogP contribution in [0.25, 0.3) is 54.6 Å². The van der Waals surface area contributed by atoms with Crippen molar-refractivity contribution < 1.29 is 19.7 Å². The first-order valence-corrected chi connectivity index (χ1v) is 20.0. The molecule has 0 atom stereocenters. The SMILES string of the molecule is Cc1cc(-c2cccc3ccccc23)cc(Cl)n1.Cc1cc(-c2cccc3ccccc23)cc(O[B]O)n1.Cc1cc(Cl)cc(Cl)n1.OB(O)c1cccc2ccccc12. The first-order valence-electron chi connectivity index (χ1n) is 18.8. The summed E-state index contributed by atoms with van der Waals surface area (Å²) >= 11 is 17.2. The van der Waals surface area contributed by atoms with Gasteiger partial charge < -0.3 is 19.7 Å².